The highest BCUT2D eigenvalue weighted by Crippen LogP contribution is 2.44. The molecule has 1 amide bonds. The number of aromatic nitrogens is 4. The lowest BCUT2D eigenvalue weighted by molar-refractivity contribution is -0.115. The average Bonchev–Trinajstić information content (AvgIpc) is 3.18. The van der Waals surface area contributed by atoms with E-state index in [4.69, 9.17) is 0 Å². The number of hydrogen-bond donors (Lipinski definition) is 3. The first-order chi connectivity index (χ1) is 17.1. The van der Waals surface area contributed by atoms with E-state index in [0.717, 1.165) is 40.4 Å². The highest BCUT2D eigenvalue weighted by atomic mass is 32.1. The van der Waals surface area contributed by atoms with Gasteiger partial charge < -0.3 is 15.7 Å². The molecule has 0 radical (unpaired) electrons. The molecule has 0 saturated heterocycles. The first-order valence-electron chi connectivity index (χ1n) is 11.6. The molecule has 1 unspecified atom stereocenters. The summed E-state index contributed by atoms with van der Waals surface area (Å²) >= 11 is 2.94. The molecule has 0 spiro atoms. The Hall–Kier alpha value is -3.21. The van der Waals surface area contributed by atoms with Gasteiger partial charge in [0.2, 0.25) is 16.2 Å². The minimum absolute atomic E-state index is 0.0854. The van der Waals surface area contributed by atoms with Crippen LogP contribution in [-0.4, -0.2) is 37.6 Å². The molecule has 1 aliphatic carbocycles. The SMILES string of the molecule is O=C(Cc1ccccc1)Nc1nnc(C[C@H]2C[C@@H]2Cc2nnc(NC(O)Cc3ccccc3)s2)s1. The number of rotatable bonds is 11. The first-order valence-corrected chi connectivity index (χ1v) is 13.2. The number of carbonyl (C=O) groups excluding carboxylic acids is 1. The van der Waals surface area contributed by atoms with E-state index in [1.807, 2.05) is 60.7 Å². The molecule has 3 N–H and O–H groups in total. The molecule has 8 nitrogen and oxygen atoms in total. The highest BCUT2D eigenvalue weighted by Gasteiger charge is 2.38. The van der Waals surface area contributed by atoms with Gasteiger partial charge in [0.1, 0.15) is 16.2 Å². The van der Waals surface area contributed by atoms with E-state index in [-0.39, 0.29) is 5.91 Å². The Balaban J connectivity index is 1.05. The van der Waals surface area contributed by atoms with Crippen LogP contribution in [0.3, 0.4) is 0 Å². The van der Waals surface area contributed by atoms with E-state index in [0.29, 0.717) is 34.9 Å². The van der Waals surface area contributed by atoms with Crippen molar-refractivity contribution < 1.29 is 9.90 Å². The van der Waals surface area contributed by atoms with Crippen LogP contribution in [0.2, 0.25) is 0 Å². The van der Waals surface area contributed by atoms with Crippen molar-refractivity contribution in [2.75, 3.05) is 10.6 Å². The summed E-state index contributed by atoms with van der Waals surface area (Å²) < 4.78 is 0. The third-order valence-corrected chi connectivity index (χ3v) is 7.63. The predicted octanol–water partition coefficient (Wildman–Crippen LogP) is 3.97. The summed E-state index contributed by atoms with van der Waals surface area (Å²) in [7, 11) is 0. The van der Waals surface area contributed by atoms with Crippen LogP contribution >= 0.6 is 22.7 Å². The predicted molar refractivity (Wildman–Crippen MR) is 137 cm³/mol. The molecule has 3 atom stereocenters. The number of hydrogen-bond acceptors (Lipinski definition) is 9. The lowest BCUT2D eigenvalue weighted by Gasteiger charge is -2.11. The number of nitrogens with one attached hydrogen (secondary N) is 2. The van der Waals surface area contributed by atoms with Gasteiger partial charge in [-0.05, 0) is 29.4 Å². The summed E-state index contributed by atoms with van der Waals surface area (Å²) in [5, 5.41) is 36.1. The summed E-state index contributed by atoms with van der Waals surface area (Å²) in [6.45, 7) is 0. The Morgan fingerprint density at radius 2 is 1.43 bits per heavy atom. The summed E-state index contributed by atoms with van der Waals surface area (Å²) in [5.41, 5.74) is 2.03. The zero-order chi connectivity index (χ0) is 24.0. The Morgan fingerprint density at radius 3 is 2.09 bits per heavy atom. The summed E-state index contributed by atoms with van der Waals surface area (Å²) in [6, 6.07) is 19.5. The quantitative estimate of drug-likeness (QED) is 0.264. The topological polar surface area (TPSA) is 113 Å². The molecule has 1 fully saturated rings. The fraction of sp³-hybridized carbons (Fsp3) is 0.320. The van der Waals surface area contributed by atoms with Crippen LogP contribution in [0, 0.1) is 11.8 Å². The minimum atomic E-state index is -0.702. The van der Waals surface area contributed by atoms with E-state index in [1.54, 1.807) is 0 Å². The zero-order valence-corrected chi connectivity index (χ0v) is 20.6. The van der Waals surface area contributed by atoms with E-state index in [2.05, 4.69) is 31.0 Å². The monoisotopic (exact) mass is 506 g/mol. The van der Waals surface area contributed by atoms with Gasteiger partial charge in [0.05, 0.1) is 6.42 Å². The molecular weight excluding hydrogens is 480 g/mol. The molecule has 35 heavy (non-hydrogen) atoms. The number of carbonyl (C=O) groups is 1. The number of benzene rings is 2. The molecule has 2 aromatic carbocycles. The lowest BCUT2D eigenvalue weighted by Crippen LogP contribution is -2.21. The van der Waals surface area contributed by atoms with Gasteiger partial charge >= 0.3 is 0 Å². The van der Waals surface area contributed by atoms with E-state index in [9.17, 15) is 9.90 Å². The lowest BCUT2D eigenvalue weighted by atomic mass is 10.1. The summed E-state index contributed by atoms with van der Waals surface area (Å²) in [6.07, 6.45) is 2.98. The third kappa shape index (κ3) is 6.91. The van der Waals surface area contributed by atoms with E-state index in [1.165, 1.54) is 22.7 Å². The number of amides is 1. The molecule has 2 heterocycles. The molecule has 5 rings (SSSR count). The van der Waals surface area contributed by atoms with Crippen molar-refractivity contribution in [3.63, 3.8) is 0 Å². The highest BCUT2D eigenvalue weighted by molar-refractivity contribution is 7.15. The van der Waals surface area contributed by atoms with Crippen LogP contribution < -0.4 is 10.6 Å². The smallest absolute Gasteiger partial charge is 0.230 e. The van der Waals surface area contributed by atoms with E-state index >= 15 is 0 Å². The maximum atomic E-state index is 12.2. The van der Waals surface area contributed by atoms with Gasteiger partial charge in [-0.25, -0.2) is 0 Å². The largest absolute Gasteiger partial charge is 0.373 e. The molecule has 2 aromatic heterocycles. The third-order valence-electron chi connectivity index (χ3n) is 5.89. The summed E-state index contributed by atoms with van der Waals surface area (Å²) in [4.78, 5) is 12.2. The van der Waals surface area contributed by atoms with E-state index < -0.39 is 6.23 Å². The van der Waals surface area contributed by atoms with Gasteiger partial charge in [0.25, 0.3) is 0 Å². The van der Waals surface area contributed by atoms with Crippen LogP contribution in [0.15, 0.2) is 60.7 Å². The van der Waals surface area contributed by atoms with Gasteiger partial charge in [-0.3, -0.25) is 4.79 Å². The average molecular weight is 507 g/mol. The van der Waals surface area contributed by atoms with Gasteiger partial charge in [0.15, 0.2) is 0 Å². The van der Waals surface area contributed by atoms with Crippen LogP contribution in [-0.2, 0) is 30.5 Å². The van der Waals surface area contributed by atoms with Crippen molar-refractivity contribution in [2.24, 2.45) is 11.8 Å². The second-order valence-electron chi connectivity index (χ2n) is 8.73. The van der Waals surface area contributed by atoms with Crippen molar-refractivity contribution >= 4 is 38.8 Å². The number of aliphatic hydroxyl groups excluding tert-OH is 1. The van der Waals surface area contributed by atoms with Gasteiger partial charge in [0, 0.05) is 19.3 Å². The fourth-order valence-electron chi connectivity index (χ4n) is 4.02. The molecule has 4 aromatic rings. The van der Waals surface area contributed by atoms with Crippen LogP contribution in [0.25, 0.3) is 0 Å². The van der Waals surface area contributed by atoms with Crippen molar-refractivity contribution in [1.82, 2.24) is 20.4 Å². The molecular formula is C25H26N6O2S2. The molecule has 10 heteroatoms. The van der Waals surface area contributed by atoms with Gasteiger partial charge in [-0.15, -0.1) is 20.4 Å². The Bertz CT molecular complexity index is 1250. The maximum absolute atomic E-state index is 12.2. The van der Waals surface area contributed by atoms with Crippen molar-refractivity contribution in [3.8, 4) is 0 Å². The molecule has 0 bridgehead atoms. The van der Waals surface area contributed by atoms with Crippen LogP contribution in [0.1, 0.15) is 27.6 Å². The second-order valence-corrected chi connectivity index (χ2v) is 10.9. The van der Waals surface area contributed by atoms with Crippen LogP contribution in [0.4, 0.5) is 10.3 Å². The zero-order valence-electron chi connectivity index (χ0n) is 19.0. The normalized spacial score (nSPS) is 17.6. The maximum Gasteiger partial charge on any atom is 0.230 e. The number of nitrogens with zero attached hydrogens (tertiary/aromatic N) is 4. The Labute approximate surface area is 211 Å². The molecule has 1 saturated carbocycles. The first kappa shape index (κ1) is 23.5. The number of aliphatic hydroxyl groups is 1. The second kappa shape index (κ2) is 11.0. The van der Waals surface area contributed by atoms with Crippen molar-refractivity contribution in [2.45, 2.75) is 38.3 Å². The van der Waals surface area contributed by atoms with Gasteiger partial charge in [-0.2, -0.15) is 0 Å². The fourth-order valence-corrected chi connectivity index (χ4v) is 5.74. The molecule has 0 aliphatic heterocycles. The number of anilines is 2. The molecule has 1 aliphatic rings. The minimum Gasteiger partial charge on any atom is -0.373 e. The van der Waals surface area contributed by atoms with Crippen molar-refractivity contribution in [3.05, 3.63) is 81.8 Å². The van der Waals surface area contributed by atoms with Gasteiger partial charge in [-0.1, -0.05) is 83.3 Å². The van der Waals surface area contributed by atoms with Crippen LogP contribution in [0.5, 0.6) is 0 Å². The Morgan fingerprint density at radius 1 is 0.857 bits per heavy atom. The van der Waals surface area contributed by atoms with Crippen molar-refractivity contribution in [1.29, 1.82) is 0 Å². The Kier molecular flexibility index (Phi) is 7.41. The standard InChI is InChI=1S/C25H26N6O2S2/c32-20(11-16-7-3-1-4-8-16)26-24-30-28-22(34-24)14-18-13-19(18)15-23-29-31-25(35-23)27-21(33)12-17-9-5-2-6-10-17/h1-10,18-20,32H,11-15H2,(H,26,30)(H,27,31,33)/t18-,19-,20?/m1/s1. The summed E-state index contributed by atoms with van der Waals surface area (Å²) in [5.74, 6) is 1.00. The molecule has 180 valence electrons.